The third-order valence-electron chi connectivity index (χ3n) is 8.71. The molecule has 198 valence electrons. The summed E-state index contributed by atoms with van der Waals surface area (Å²) in [5, 5.41) is 28.7. The average Bonchev–Trinajstić information content (AvgIpc) is 2.98. The molecule has 0 radical (unpaired) electrons. The normalized spacial score (nSPS) is 16.1. The van der Waals surface area contributed by atoms with E-state index in [4.69, 9.17) is 4.74 Å². The molecule has 7 rings (SSSR count). The Morgan fingerprint density at radius 1 is 0.692 bits per heavy atom. The van der Waals surface area contributed by atoms with Crippen molar-refractivity contribution in [1.29, 1.82) is 0 Å². The highest BCUT2D eigenvalue weighted by Gasteiger charge is 2.42. The SMILES string of the molecule is CC1(c2ccc(C3CCCCC3)cc2)c2c(ccc3cc(O)ccc23)Oc2ccc3cc(O)ccc3c21.NS. The first kappa shape index (κ1) is 25.6. The van der Waals surface area contributed by atoms with Crippen molar-refractivity contribution in [2.75, 3.05) is 0 Å². The molecule has 0 aromatic heterocycles. The molecule has 0 saturated heterocycles. The van der Waals surface area contributed by atoms with Crippen molar-refractivity contribution in [3.63, 3.8) is 0 Å². The number of ether oxygens (including phenoxy) is 1. The number of aromatic hydroxyl groups is 2. The van der Waals surface area contributed by atoms with Crippen molar-refractivity contribution in [3.8, 4) is 23.0 Å². The number of benzene rings is 5. The molecular weight excluding hydrogens is 502 g/mol. The molecule has 5 aromatic carbocycles. The maximum atomic E-state index is 10.2. The average molecular weight is 536 g/mol. The van der Waals surface area contributed by atoms with Crippen LogP contribution in [0, 0.1) is 0 Å². The number of phenols is 2. The minimum absolute atomic E-state index is 0.254. The Kier molecular flexibility index (Phi) is 6.66. The van der Waals surface area contributed by atoms with Gasteiger partial charge in [0.25, 0.3) is 0 Å². The van der Waals surface area contributed by atoms with Crippen LogP contribution in [0.4, 0.5) is 0 Å². The lowest BCUT2D eigenvalue weighted by Crippen LogP contribution is -2.30. The third kappa shape index (κ3) is 4.21. The summed E-state index contributed by atoms with van der Waals surface area (Å²) in [5.41, 5.74) is 4.33. The van der Waals surface area contributed by atoms with E-state index in [-0.39, 0.29) is 11.5 Å². The molecule has 0 bridgehead atoms. The largest absolute Gasteiger partial charge is 0.508 e. The summed E-state index contributed by atoms with van der Waals surface area (Å²) in [4.78, 5) is 0. The number of fused-ring (bicyclic) bond motifs is 6. The number of hydrogen-bond acceptors (Lipinski definition) is 5. The summed E-state index contributed by atoms with van der Waals surface area (Å²) in [7, 11) is 0. The van der Waals surface area contributed by atoms with E-state index in [2.05, 4.69) is 49.1 Å². The maximum absolute atomic E-state index is 10.2. The zero-order valence-electron chi connectivity index (χ0n) is 22.0. The van der Waals surface area contributed by atoms with Gasteiger partial charge >= 0.3 is 0 Å². The van der Waals surface area contributed by atoms with Crippen molar-refractivity contribution in [1.82, 2.24) is 0 Å². The fourth-order valence-corrected chi connectivity index (χ4v) is 6.85. The van der Waals surface area contributed by atoms with Crippen LogP contribution in [0.15, 0.2) is 84.9 Å². The molecule has 2 aliphatic rings. The minimum Gasteiger partial charge on any atom is -0.508 e. The van der Waals surface area contributed by atoms with Gasteiger partial charge in [-0.1, -0.05) is 67.8 Å². The number of nitrogens with two attached hydrogens (primary N) is 1. The number of phenolic OH excluding ortho intramolecular Hbond substituents is 2. The number of hydrogen-bond donors (Lipinski definition) is 4. The lowest BCUT2D eigenvalue weighted by Gasteiger charge is -2.40. The summed E-state index contributed by atoms with van der Waals surface area (Å²) in [6, 6.07) is 28.5. The second kappa shape index (κ2) is 10.1. The van der Waals surface area contributed by atoms with Crippen LogP contribution in [-0.4, -0.2) is 10.2 Å². The molecule has 0 spiro atoms. The first-order valence-electron chi connectivity index (χ1n) is 13.6. The molecule has 4 N–H and O–H groups in total. The molecule has 5 heteroatoms. The zero-order chi connectivity index (χ0) is 27.1. The van der Waals surface area contributed by atoms with Gasteiger partial charge in [0.05, 0.1) is 5.41 Å². The molecule has 1 fully saturated rings. The zero-order valence-corrected chi connectivity index (χ0v) is 22.9. The van der Waals surface area contributed by atoms with Gasteiger partial charge in [-0.3, -0.25) is 5.14 Å². The molecule has 4 nitrogen and oxygen atoms in total. The monoisotopic (exact) mass is 535 g/mol. The summed E-state index contributed by atoms with van der Waals surface area (Å²) >= 11 is 3.03. The van der Waals surface area contributed by atoms with Gasteiger partial charge in [0.2, 0.25) is 0 Å². The van der Waals surface area contributed by atoms with E-state index < -0.39 is 5.41 Å². The van der Waals surface area contributed by atoms with Gasteiger partial charge in [-0.2, -0.15) is 0 Å². The van der Waals surface area contributed by atoms with Crippen LogP contribution in [0.25, 0.3) is 21.5 Å². The first-order valence-corrected chi connectivity index (χ1v) is 14.1. The summed E-state index contributed by atoms with van der Waals surface area (Å²) in [6.07, 6.45) is 6.54. The summed E-state index contributed by atoms with van der Waals surface area (Å²) < 4.78 is 6.56. The highest BCUT2D eigenvalue weighted by atomic mass is 32.1. The lowest BCUT2D eigenvalue weighted by atomic mass is 9.66. The highest BCUT2D eigenvalue weighted by molar-refractivity contribution is 7.77. The van der Waals surface area contributed by atoms with E-state index >= 15 is 0 Å². The first-order chi connectivity index (χ1) is 19.0. The van der Waals surface area contributed by atoms with Crippen molar-refractivity contribution in [2.24, 2.45) is 5.14 Å². The second-order valence-corrected chi connectivity index (χ2v) is 10.9. The van der Waals surface area contributed by atoms with Crippen LogP contribution in [-0.2, 0) is 5.41 Å². The van der Waals surface area contributed by atoms with Crippen LogP contribution in [0.2, 0.25) is 0 Å². The van der Waals surface area contributed by atoms with Crippen LogP contribution in [0.5, 0.6) is 23.0 Å². The fourth-order valence-electron chi connectivity index (χ4n) is 6.85. The van der Waals surface area contributed by atoms with Gasteiger partial charge in [0.1, 0.15) is 23.0 Å². The predicted octanol–water partition coefficient (Wildman–Crippen LogP) is 8.70. The maximum Gasteiger partial charge on any atom is 0.132 e. The predicted molar refractivity (Wildman–Crippen MR) is 162 cm³/mol. The summed E-state index contributed by atoms with van der Waals surface area (Å²) in [6.45, 7) is 2.29. The minimum atomic E-state index is -0.513. The van der Waals surface area contributed by atoms with Gasteiger partial charge in [-0.05, 0) is 94.8 Å². The molecule has 1 aliphatic carbocycles. The van der Waals surface area contributed by atoms with Gasteiger partial charge < -0.3 is 14.9 Å². The molecule has 39 heavy (non-hydrogen) atoms. The van der Waals surface area contributed by atoms with Crippen LogP contribution >= 0.6 is 12.8 Å². The Balaban J connectivity index is 0.00000135. The molecular formula is C34H33NO3S. The van der Waals surface area contributed by atoms with Crippen molar-refractivity contribution in [2.45, 2.75) is 50.4 Å². The van der Waals surface area contributed by atoms with Crippen LogP contribution in [0.1, 0.15) is 67.2 Å². The Labute approximate surface area is 234 Å². The van der Waals surface area contributed by atoms with E-state index in [0.29, 0.717) is 5.92 Å². The molecule has 1 saturated carbocycles. The van der Waals surface area contributed by atoms with E-state index in [1.807, 2.05) is 48.5 Å². The molecule has 5 aromatic rings. The van der Waals surface area contributed by atoms with Crippen molar-refractivity contribution in [3.05, 3.63) is 107 Å². The van der Waals surface area contributed by atoms with Gasteiger partial charge in [-0.15, -0.1) is 12.8 Å². The lowest BCUT2D eigenvalue weighted by molar-refractivity contribution is 0.431. The Morgan fingerprint density at radius 2 is 1.21 bits per heavy atom. The Bertz CT molecular complexity index is 1580. The quantitative estimate of drug-likeness (QED) is 0.171. The topological polar surface area (TPSA) is 75.7 Å². The second-order valence-electron chi connectivity index (χ2n) is 10.9. The summed E-state index contributed by atoms with van der Waals surface area (Å²) in [5.74, 6) is 2.83. The van der Waals surface area contributed by atoms with E-state index in [9.17, 15) is 10.2 Å². The molecule has 0 amide bonds. The highest BCUT2D eigenvalue weighted by Crippen LogP contribution is 2.56. The van der Waals surface area contributed by atoms with Gasteiger partial charge in [0, 0.05) is 11.1 Å². The standard InChI is InChI=1S/C34H30O3.H3NS/c1-34(25-11-7-22(8-12-25)21-5-3-2-4-6-21)32-28-15-13-26(35)19-23(28)9-17-30(32)37-31-18-10-24-20-27(36)14-16-29(24)33(31)34;1-2/h7-21,35-36H,2-6H2,1H3;2H,1H2. The fraction of sp³-hybridized carbons (Fsp3) is 0.235. The van der Waals surface area contributed by atoms with Crippen LogP contribution in [0.3, 0.4) is 0 Å². The van der Waals surface area contributed by atoms with Gasteiger partial charge in [0.15, 0.2) is 0 Å². The molecule has 1 aliphatic heterocycles. The van der Waals surface area contributed by atoms with E-state index in [1.165, 1.54) is 43.2 Å². The Morgan fingerprint density at radius 3 is 1.72 bits per heavy atom. The third-order valence-corrected chi connectivity index (χ3v) is 8.71. The van der Waals surface area contributed by atoms with E-state index in [1.54, 1.807) is 12.1 Å². The van der Waals surface area contributed by atoms with Crippen LogP contribution < -0.4 is 9.88 Å². The van der Waals surface area contributed by atoms with Crippen molar-refractivity contribution >= 4 is 34.4 Å². The molecule has 0 unspecified atom stereocenters. The van der Waals surface area contributed by atoms with E-state index in [0.717, 1.165) is 44.2 Å². The number of thiol groups is 1. The van der Waals surface area contributed by atoms with Crippen molar-refractivity contribution < 1.29 is 14.9 Å². The molecule has 1 heterocycles. The molecule has 0 atom stereocenters. The smallest absolute Gasteiger partial charge is 0.132 e. The van der Waals surface area contributed by atoms with Gasteiger partial charge in [-0.25, -0.2) is 0 Å². The Hall–Kier alpha value is -3.67. The number of rotatable bonds is 2.